The monoisotopic (exact) mass is 448 g/mol. The van der Waals surface area contributed by atoms with Crippen molar-refractivity contribution in [1.29, 1.82) is 5.26 Å². The van der Waals surface area contributed by atoms with Crippen molar-refractivity contribution in [3.8, 4) is 6.07 Å². The molecule has 2 N–H and O–H groups in total. The summed E-state index contributed by atoms with van der Waals surface area (Å²) in [6.07, 6.45) is 0. The van der Waals surface area contributed by atoms with Crippen LogP contribution in [0, 0.1) is 21.4 Å². The van der Waals surface area contributed by atoms with Crippen molar-refractivity contribution in [3.05, 3.63) is 91.8 Å². The first-order valence-electron chi connectivity index (χ1n) is 9.55. The number of allylic oxidation sites excluding steroid dienone is 1. The summed E-state index contributed by atoms with van der Waals surface area (Å²) >= 11 is 1.20. The molecule has 0 aliphatic carbocycles. The molecule has 2 aliphatic rings. The van der Waals surface area contributed by atoms with Gasteiger partial charge in [-0.1, -0.05) is 36.0 Å². The van der Waals surface area contributed by atoms with E-state index in [0.29, 0.717) is 21.1 Å². The molecule has 1 atom stereocenters. The van der Waals surface area contributed by atoms with Crippen molar-refractivity contribution in [2.24, 2.45) is 5.73 Å². The maximum absolute atomic E-state index is 13.2. The second-order valence-electron chi connectivity index (χ2n) is 6.87. The number of carbonyl (C=O) groups is 2. The molecular formula is C22H16N4O5S. The molecule has 32 heavy (non-hydrogen) atoms. The number of carbonyl (C=O) groups excluding carboxylic acids is 2. The summed E-state index contributed by atoms with van der Waals surface area (Å²) in [5.74, 6) is -2.30. The predicted molar refractivity (Wildman–Crippen MR) is 115 cm³/mol. The predicted octanol–water partition coefficient (Wildman–Crippen LogP) is 3.41. The zero-order valence-corrected chi connectivity index (χ0v) is 17.6. The van der Waals surface area contributed by atoms with Crippen LogP contribution in [0.4, 0.5) is 5.69 Å². The van der Waals surface area contributed by atoms with Crippen molar-refractivity contribution in [1.82, 2.24) is 4.90 Å². The number of benzene rings is 2. The van der Waals surface area contributed by atoms with Crippen LogP contribution in [0.25, 0.3) is 0 Å². The number of non-ortho nitro benzene ring substituents is 1. The van der Waals surface area contributed by atoms with Crippen LogP contribution in [0.1, 0.15) is 28.8 Å². The Kier molecular flexibility index (Phi) is 5.42. The molecular weight excluding hydrogens is 432 g/mol. The fourth-order valence-corrected chi connectivity index (χ4v) is 4.86. The van der Waals surface area contributed by atoms with Crippen LogP contribution in [-0.2, 0) is 9.53 Å². The molecule has 9 nitrogen and oxygen atoms in total. The summed E-state index contributed by atoms with van der Waals surface area (Å²) in [6.45, 7) is 1.69. The minimum Gasteiger partial charge on any atom is -0.463 e. The highest BCUT2D eigenvalue weighted by atomic mass is 32.2. The highest BCUT2D eigenvalue weighted by Gasteiger charge is 2.44. The second kappa shape index (κ2) is 8.20. The van der Waals surface area contributed by atoms with E-state index in [0.717, 1.165) is 0 Å². The molecule has 2 heterocycles. The SMILES string of the molecule is CCOC(=O)C1=C(N)N2C(=O)c3ccccc3SC2=C(C#N)C1c1ccc([N+](=O)[O-])cc1. The van der Waals surface area contributed by atoms with Gasteiger partial charge in [-0.15, -0.1) is 0 Å². The number of nitro benzene ring substituents is 1. The number of amides is 1. The maximum atomic E-state index is 13.2. The number of ether oxygens (including phenoxy) is 1. The fourth-order valence-electron chi connectivity index (χ4n) is 3.69. The molecule has 0 radical (unpaired) electrons. The van der Waals surface area contributed by atoms with E-state index in [9.17, 15) is 25.0 Å². The average molecular weight is 448 g/mol. The Morgan fingerprint density at radius 2 is 1.97 bits per heavy atom. The van der Waals surface area contributed by atoms with Crippen molar-refractivity contribution in [2.75, 3.05) is 6.61 Å². The van der Waals surface area contributed by atoms with Crippen molar-refractivity contribution >= 4 is 29.3 Å². The quantitative estimate of drug-likeness (QED) is 0.426. The van der Waals surface area contributed by atoms with Crippen molar-refractivity contribution in [2.45, 2.75) is 17.7 Å². The molecule has 1 unspecified atom stereocenters. The summed E-state index contributed by atoms with van der Waals surface area (Å²) in [6, 6.07) is 14.5. The van der Waals surface area contributed by atoms with E-state index in [-0.39, 0.29) is 29.3 Å². The Balaban J connectivity index is 1.96. The van der Waals surface area contributed by atoms with Gasteiger partial charge < -0.3 is 10.5 Å². The van der Waals surface area contributed by atoms with Gasteiger partial charge in [0, 0.05) is 17.0 Å². The lowest BCUT2D eigenvalue weighted by molar-refractivity contribution is -0.384. The van der Waals surface area contributed by atoms with Gasteiger partial charge in [0.2, 0.25) is 0 Å². The van der Waals surface area contributed by atoms with Gasteiger partial charge in [0.25, 0.3) is 11.6 Å². The van der Waals surface area contributed by atoms with Gasteiger partial charge in [-0.3, -0.25) is 19.8 Å². The Hall–Kier alpha value is -4.10. The molecule has 0 bridgehead atoms. The van der Waals surface area contributed by atoms with Crippen LogP contribution in [0.3, 0.4) is 0 Å². The number of nitriles is 1. The first-order valence-corrected chi connectivity index (χ1v) is 10.4. The van der Waals surface area contributed by atoms with E-state index < -0.39 is 22.7 Å². The molecule has 1 amide bonds. The third-order valence-corrected chi connectivity index (χ3v) is 6.28. The molecule has 4 rings (SSSR count). The van der Waals surface area contributed by atoms with Gasteiger partial charge in [-0.2, -0.15) is 5.26 Å². The van der Waals surface area contributed by atoms with Gasteiger partial charge in [0.15, 0.2) is 0 Å². The molecule has 160 valence electrons. The maximum Gasteiger partial charge on any atom is 0.338 e. The number of rotatable bonds is 4. The van der Waals surface area contributed by atoms with Crippen LogP contribution in [-0.4, -0.2) is 28.3 Å². The fraction of sp³-hybridized carbons (Fsp3) is 0.136. The molecule has 2 aromatic carbocycles. The van der Waals surface area contributed by atoms with Gasteiger partial charge in [0.1, 0.15) is 10.9 Å². The summed E-state index contributed by atoms with van der Waals surface area (Å²) in [7, 11) is 0. The summed E-state index contributed by atoms with van der Waals surface area (Å²) in [4.78, 5) is 38.5. The van der Waals surface area contributed by atoms with Gasteiger partial charge in [-0.25, -0.2) is 4.79 Å². The Labute approximate surface area is 186 Å². The first kappa shape index (κ1) is 21.1. The Morgan fingerprint density at radius 1 is 1.28 bits per heavy atom. The van der Waals surface area contributed by atoms with E-state index in [1.54, 1.807) is 31.2 Å². The molecule has 0 saturated heterocycles. The number of thioether (sulfide) groups is 1. The molecule has 0 saturated carbocycles. The van der Waals surface area contributed by atoms with Crippen LogP contribution in [0.5, 0.6) is 0 Å². The van der Waals surface area contributed by atoms with Crippen LogP contribution in [0.2, 0.25) is 0 Å². The van der Waals surface area contributed by atoms with Gasteiger partial charge in [-0.05, 0) is 24.6 Å². The van der Waals surface area contributed by atoms with Crippen LogP contribution >= 0.6 is 11.8 Å². The van der Waals surface area contributed by atoms with E-state index in [2.05, 4.69) is 6.07 Å². The standard InChI is InChI=1S/C22H16N4O5S/c1-2-31-22(28)18-17(12-7-9-13(10-8-12)26(29)30)15(11-23)21-25(19(18)24)20(27)14-5-3-4-6-16(14)32-21/h3-10,17H,2,24H2,1H3. The summed E-state index contributed by atoms with van der Waals surface area (Å²) in [5, 5.41) is 21.4. The molecule has 0 aromatic heterocycles. The summed E-state index contributed by atoms with van der Waals surface area (Å²) < 4.78 is 5.18. The lowest BCUT2D eigenvalue weighted by atomic mass is 9.82. The van der Waals surface area contributed by atoms with E-state index in [1.165, 1.54) is 40.9 Å². The minimum absolute atomic E-state index is 0.0608. The topological polar surface area (TPSA) is 140 Å². The number of nitro groups is 1. The van der Waals surface area contributed by atoms with E-state index in [4.69, 9.17) is 10.5 Å². The smallest absolute Gasteiger partial charge is 0.338 e. The van der Waals surface area contributed by atoms with E-state index >= 15 is 0 Å². The van der Waals surface area contributed by atoms with E-state index in [1.807, 2.05) is 0 Å². The molecule has 2 aliphatic heterocycles. The minimum atomic E-state index is -0.948. The lowest BCUT2D eigenvalue weighted by Gasteiger charge is -2.38. The zero-order valence-electron chi connectivity index (χ0n) is 16.8. The number of esters is 1. The largest absolute Gasteiger partial charge is 0.463 e. The number of nitrogens with zero attached hydrogens (tertiary/aromatic N) is 3. The molecule has 0 spiro atoms. The van der Waals surface area contributed by atoms with Crippen LogP contribution in [0.15, 0.2) is 75.4 Å². The zero-order chi connectivity index (χ0) is 23.0. The average Bonchev–Trinajstić information content (AvgIpc) is 2.79. The lowest BCUT2D eigenvalue weighted by Crippen LogP contribution is -2.42. The van der Waals surface area contributed by atoms with Gasteiger partial charge >= 0.3 is 5.97 Å². The first-order chi connectivity index (χ1) is 15.4. The Morgan fingerprint density at radius 3 is 2.59 bits per heavy atom. The van der Waals surface area contributed by atoms with Crippen molar-refractivity contribution in [3.63, 3.8) is 0 Å². The number of nitrogens with two attached hydrogens (primary N) is 1. The second-order valence-corrected chi connectivity index (χ2v) is 7.90. The van der Waals surface area contributed by atoms with Gasteiger partial charge in [0.05, 0.1) is 40.2 Å². The normalized spacial score (nSPS) is 17.4. The molecule has 10 heteroatoms. The molecule has 2 aromatic rings. The highest BCUT2D eigenvalue weighted by Crippen LogP contribution is 2.49. The van der Waals surface area contributed by atoms with Crippen molar-refractivity contribution < 1.29 is 19.2 Å². The van der Waals surface area contributed by atoms with Crippen LogP contribution < -0.4 is 5.73 Å². The summed E-state index contributed by atoms with van der Waals surface area (Å²) in [5.41, 5.74) is 7.13. The Bertz CT molecular complexity index is 1260. The number of hydrogen-bond donors (Lipinski definition) is 1. The number of fused-ring (bicyclic) bond motifs is 2. The third kappa shape index (κ3) is 3.29. The highest BCUT2D eigenvalue weighted by molar-refractivity contribution is 8.03. The number of hydrogen-bond acceptors (Lipinski definition) is 8. The molecule has 0 fully saturated rings. The third-order valence-electron chi connectivity index (χ3n) is 5.11.